The van der Waals surface area contributed by atoms with E-state index in [0.29, 0.717) is 10.0 Å². The van der Waals surface area contributed by atoms with Crippen LogP contribution in [0.15, 0.2) is 18.2 Å². The van der Waals surface area contributed by atoms with Crippen molar-refractivity contribution in [2.45, 2.75) is 19.4 Å². The largest absolute Gasteiger partial charge is 0.358 e. The van der Waals surface area contributed by atoms with E-state index in [0.717, 1.165) is 12.0 Å². The number of rotatable bonds is 5. The first-order chi connectivity index (χ1) is 8.08. The van der Waals surface area contributed by atoms with E-state index in [-0.39, 0.29) is 18.5 Å². The highest BCUT2D eigenvalue weighted by Gasteiger charge is 2.11. The topological polar surface area (TPSA) is 41.1 Å². The zero-order chi connectivity index (χ0) is 12.8. The smallest absolute Gasteiger partial charge is 0.233 e. The first kappa shape index (κ1) is 14.3. The first-order valence-electron chi connectivity index (χ1n) is 5.47. The van der Waals surface area contributed by atoms with E-state index in [1.165, 1.54) is 0 Å². The van der Waals surface area contributed by atoms with E-state index in [9.17, 15) is 4.79 Å². The van der Waals surface area contributed by atoms with Crippen molar-refractivity contribution in [2.75, 3.05) is 13.6 Å². The minimum Gasteiger partial charge on any atom is -0.358 e. The minimum atomic E-state index is -0.0384. The average molecular weight is 275 g/mol. The number of likely N-dealkylation sites (N-methyl/N-ethyl adjacent to an activating group) is 1. The van der Waals surface area contributed by atoms with Crippen LogP contribution in [0.4, 0.5) is 0 Å². The molecular weight excluding hydrogens is 259 g/mol. The van der Waals surface area contributed by atoms with Crippen LogP contribution in [-0.4, -0.2) is 19.5 Å². The Hall–Kier alpha value is -0.770. The zero-order valence-corrected chi connectivity index (χ0v) is 11.4. The van der Waals surface area contributed by atoms with Gasteiger partial charge < -0.3 is 10.6 Å². The molecule has 0 aromatic heterocycles. The summed E-state index contributed by atoms with van der Waals surface area (Å²) >= 11 is 11.8. The molecule has 0 aliphatic carbocycles. The van der Waals surface area contributed by atoms with Crippen molar-refractivity contribution in [2.24, 2.45) is 0 Å². The molecule has 0 aliphatic rings. The van der Waals surface area contributed by atoms with Crippen LogP contribution in [0, 0.1) is 0 Å². The predicted octanol–water partition coefficient (Wildman–Crippen LogP) is 2.78. The maximum absolute atomic E-state index is 11.2. The highest BCUT2D eigenvalue weighted by molar-refractivity contribution is 6.42. The third kappa shape index (κ3) is 4.19. The van der Waals surface area contributed by atoms with Crippen LogP contribution in [-0.2, 0) is 4.79 Å². The quantitative estimate of drug-likeness (QED) is 0.867. The molecule has 0 aliphatic heterocycles. The van der Waals surface area contributed by atoms with E-state index in [4.69, 9.17) is 23.2 Å². The lowest BCUT2D eigenvalue weighted by molar-refractivity contribution is -0.119. The van der Waals surface area contributed by atoms with Gasteiger partial charge in [-0.2, -0.15) is 0 Å². The number of nitrogens with one attached hydrogen (secondary N) is 2. The Labute approximate surface area is 111 Å². The molecular formula is C12H16Cl2N2O. The number of benzene rings is 1. The molecule has 0 heterocycles. The maximum atomic E-state index is 11.2. The van der Waals surface area contributed by atoms with Gasteiger partial charge in [0.15, 0.2) is 0 Å². The number of carbonyl (C=O) groups excluding carboxylic acids is 1. The van der Waals surface area contributed by atoms with Gasteiger partial charge in [-0.05, 0) is 24.1 Å². The van der Waals surface area contributed by atoms with Crippen LogP contribution in [0.2, 0.25) is 10.0 Å². The molecule has 1 aromatic carbocycles. The molecule has 1 atom stereocenters. The van der Waals surface area contributed by atoms with Crippen molar-refractivity contribution in [3.05, 3.63) is 33.8 Å². The number of hydrogen-bond donors (Lipinski definition) is 2. The Morgan fingerprint density at radius 2 is 2.06 bits per heavy atom. The highest BCUT2D eigenvalue weighted by atomic mass is 35.5. The van der Waals surface area contributed by atoms with Crippen LogP contribution >= 0.6 is 23.2 Å². The molecule has 0 bridgehead atoms. The molecule has 5 heteroatoms. The van der Waals surface area contributed by atoms with E-state index < -0.39 is 0 Å². The second-order valence-electron chi connectivity index (χ2n) is 3.69. The lowest BCUT2D eigenvalue weighted by atomic mass is 10.0. The Bertz CT molecular complexity index is 396. The summed E-state index contributed by atoms with van der Waals surface area (Å²) in [5.74, 6) is -0.0384. The normalized spacial score (nSPS) is 12.2. The molecule has 1 unspecified atom stereocenters. The van der Waals surface area contributed by atoms with Crippen molar-refractivity contribution in [1.82, 2.24) is 10.6 Å². The van der Waals surface area contributed by atoms with Crippen molar-refractivity contribution < 1.29 is 4.79 Å². The van der Waals surface area contributed by atoms with E-state index in [1.807, 2.05) is 19.1 Å². The van der Waals surface area contributed by atoms with Crippen molar-refractivity contribution in [1.29, 1.82) is 0 Å². The summed E-state index contributed by atoms with van der Waals surface area (Å²) in [5, 5.41) is 6.81. The molecule has 0 saturated heterocycles. The van der Waals surface area contributed by atoms with Gasteiger partial charge in [0.2, 0.25) is 5.91 Å². The number of halogens is 2. The second-order valence-corrected chi connectivity index (χ2v) is 4.50. The van der Waals surface area contributed by atoms with Gasteiger partial charge in [0.25, 0.3) is 0 Å². The van der Waals surface area contributed by atoms with Crippen LogP contribution in [0.5, 0.6) is 0 Å². The third-order valence-electron chi connectivity index (χ3n) is 2.54. The fraction of sp³-hybridized carbons (Fsp3) is 0.417. The number of hydrogen-bond acceptors (Lipinski definition) is 2. The molecule has 0 spiro atoms. The summed E-state index contributed by atoms with van der Waals surface area (Å²) in [6.45, 7) is 2.33. The molecule has 2 N–H and O–H groups in total. The van der Waals surface area contributed by atoms with Gasteiger partial charge in [0, 0.05) is 13.1 Å². The van der Waals surface area contributed by atoms with Gasteiger partial charge in [-0.15, -0.1) is 0 Å². The summed E-state index contributed by atoms with van der Waals surface area (Å²) in [6.07, 6.45) is 0.870. The van der Waals surface area contributed by atoms with Gasteiger partial charge in [-0.25, -0.2) is 0 Å². The lowest BCUT2D eigenvalue weighted by Gasteiger charge is -2.17. The molecule has 1 rings (SSSR count). The van der Waals surface area contributed by atoms with E-state index >= 15 is 0 Å². The Balaban J connectivity index is 2.72. The first-order valence-corrected chi connectivity index (χ1v) is 6.23. The maximum Gasteiger partial charge on any atom is 0.233 e. The summed E-state index contributed by atoms with van der Waals surface area (Å²) in [6, 6.07) is 5.61. The molecule has 17 heavy (non-hydrogen) atoms. The monoisotopic (exact) mass is 274 g/mol. The number of carbonyl (C=O) groups is 1. The van der Waals surface area contributed by atoms with Crippen molar-refractivity contribution in [3.63, 3.8) is 0 Å². The fourth-order valence-corrected chi connectivity index (χ4v) is 1.84. The highest BCUT2D eigenvalue weighted by Crippen LogP contribution is 2.26. The Morgan fingerprint density at radius 1 is 1.35 bits per heavy atom. The molecule has 0 saturated carbocycles. The summed E-state index contributed by atoms with van der Waals surface area (Å²) in [4.78, 5) is 11.2. The average Bonchev–Trinajstić information content (AvgIpc) is 2.33. The molecule has 94 valence electrons. The van der Waals surface area contributed by atoms with Crippen molar-refractivity contribution >= 4 is 29.1 Å². The van der Waals surface area contributed by atoms with Crippen molar-refractivity contribution in [3.8, 4) is 0 Å². The van der Waals surface area contributed by atoms with Gasteiger partial charge in [0.05, 0.1) is 16.6 Å². The SMILES string of the molecule is CCC(NCC(=O)NC)c1ccc(Cl)c(Cl)c1. The second kappa shape index (κ2) is 6.84. The summed E-state index contributed by atoms with van der Waals surface area (Å²) < 4.78 is 0. The summed E-state index contributed by atoms with van der Waals surface area (Å²) in [5.41, 5.74) is 1.03. The number of amides is 1. The van der Waals surface area contributed by atoms with Gasteiger partial charge in [0.1, 0.15) is 0 Å². The lowest BCUT2D eigenvalue weighted by Crippen LogP contribution is -2.33. The van der Waals surface area contributed by atoms with Crippen LogP contribution in [0.1, 0.15) is 24.9 Å². The van der Waals surface area contributed by atoms with Crippen LogP contribution < -0.4 is 10.6 Å². The molecule has 1 amide bonds. The van der Waals surface area contributed by atoms with Crippen LogP contribution in [0.25, 0.3) is 0 Å². The van der Waals surface area contributed by atoms with E-state index in [2.05, 4.69) is 10.6 Å². The fourth-order valence-electron chi connectivity index (χ4n) is 1.53. The Kier molecular flexibility index (Phi) is 5.75. The van der Waals surface area contributed by atoms with Gasteiger partial charge >= 0.3 is 0 Å². The molecule has 3 nitrogen and oxygen atoms in total. The van der Waals surface area contributed by atoms with Gasteiger partial charge in [-0.3, -0.25) is 4.79 Å². The molecule has 1 aromatic rings. The zero-order valence-electron chi connectivity index (χ0n) is 9.89. The minimum absolute atomic E-state index is 0.0384. The van der Waals surface area contributed by atoms with E-state index in [1.54, 1.807) is 13.1 Å². The molecule has 0 radical (unpaired) electrons. The standard InChI is InChI=1S/C12H16Cl2N2O/c1-3-11(16-7-12(17)15-2)8-4-5-9(13)10(14)6-8/h4-6,11,16H,3,7H2,1-2H3,(H,15,17). The predicted molar refractivity (Wildman–Crippen MR) is 71.6 cm³/mol. The Morgan fingerprint density at radius 3 is 2.59 bits per heavy atom. The third-order valence-corrected chi connectivity index (χ3v) is 3.28. The van der Waals surface area contributed by atoms with Gasteiger partial charge in [-0.1, -0.05) is 36.2 Å². The van der Waals surface area contributed by atoms with Crippen LogP contribution in [0.3, 0.4) is 0 Å². The molecule has 0 fully saturated rings. The summed E-state index contributed by atoms with van der Waals surface area (Å²) in [7, 11) is 1.62.